The lowest BCUT2D eigenvalue weighted by Crippen LogP contribution is -2.21. The second-order valence-electron chi connectivity index (χ2n) is 2.68. The second-order valence-corrected chi connectivity index (χ2v) is 5.30. The molecule has 0 spiro atoms. The normalized spacial score (nSPS) is 12.2. The molecule has 8 nitrogen and oxygen atoms in total. The molecule has 0 aliphatic rings. The fraction of sp³-hybridized carbons (Fsp3) is 1.00. The minimum Gasteiger partial charge on any atom is -0.304 e. The summed E-state index contributed by atoms with van der Waals surface area (Å²) in [4.78, 5) is 33.4. The topological polar surface area (TPSA) is 128 Å². The standard InChI is InChI=1S/C6H15N.H4O7P2/c1-4-7(5-2)6-3;1-8(2,3)7-9(4,5)6/h4-6H2,1-3H3;(H2,1,2,3)(H2,4,5,6). The highest BCUT2D eigenvalue weighted by atomic mass is 31.3. The Kier molecular flexibility index (Phi) is 9.68. The molecule has 0 saturated carbocycles. The van der Waals surface area contributed by atoms with Gasteiger partial charge in [-0.05, 0) is 19.6 Å². The third-order valence-electron chi connectivity index (χ3n) is 1.55. The highest BCUT2D eigenvalue weighted by molar-refractivity contribution is 7.60. The Bertz CT molecular complexity index is 230. The molecule has 16 heavy (non-hydrogen) atoms. The van der Waals surface area contributed by atoms with Crippen LogP contribution in [0.3, 0.4) is 0 Å². The molecule has 4 N–H and O–H groups in total. The fourth-order valence-electron chi connectivity index (χ4n) is 0.809. The zero-order valence-corrected chi connectivity index (χ0v) is 11.3. The first-order chi connectivity index (χ1) is 7.05. The summed E-state index contributed by atoms with van der Waals surface area (Å²) in [5, 5.41) is 0. The van der Waals surface area contributed by atoms with Crippen LogP contribution in [0, 0.1) is 0 Å². The van der Waals surface area contributed by atoms with E-state index in [1.807, 2.05) is 0 Å². The minimum absolute atomic E-state index is 1.19. The second kappa shape index (κ2) is 8.33. The van der Waals surface area contributed by atoms with E-state index in [0.29, 0.717) is 0 Å². The molecule has 0 bridgehead atoms. The molecule has 0 heterocycles. The first-order valence-corrected chi connectivity index (χ1v) is 7.66. The van der Waals surface area contributed by atoms with Crippen molar-refractivity contribution in [2.24, 2.45) is 0 Å². The van der Waals surface area contributed by atoms with Gasteiger partial charge in [-0.25, -0.2) is 9.13 Å². The van der Waals surface area contributed by atoms with Gasteiger partial charge in [0.2, 0.25) is 0 Å². The molecule has 0 aromatic rings. The lowest BCUT2D eigenvalue weighted by atomic mass is 10.5. The maximum atomic E-state index is 9.63. The Morgan fingerprint density at radius 3 is 1.12 bits per heavy atom. The number of hydrogen-bond donors (Lipinski definition) is 4. The van der Waals surface area contributed by atoms with Gasteiger partial charge in [0.05, 0.1) is 0 Å². The SMILES string of the molecule is CCN(CC)CC.O=P(O)(O)OP(=O)(O)O. The predicted octanol–water partition coefficient (Wildman–Crippen LogP) is 0.536. The van der Waals surface area contributed by atoms with Crippen molar-refractivity contribution in [1.29, 1.82) is 0 Å². The third-order valence-corrected chi connectivity index (χ3v) is 3.26. The molecule has 0 atom stereocenters. The Hall–Kier alpha value is 0.220. The largest absolute Gasteiger partial charge is 0.478 e. The van der Waals surface area contributed by atoms with Gasteiger partial charge in [-0.1, -0.05) is 20.8 Å². The molecule has 0 saturated heterocycles. The zero-order chi connectivity index (χ0) is 13.4. The molecule has 0 amide bonds. The molecule has 0 aliphatic heterocycles. The Morgan fingerprint density at radius 1 is 0.875 bits per heavy atom. The molecule has 0 aromatic heterocycles. The highest BCUT2D eigenvalue weighted by Gasteiger charge is 2.27. The highest BCUT2D eigenvalue weighted by Crippen LogP contribution is 2.53. The van der Waals surface area contributed by atoms with Crippen LogP contribution in [-0.2, 0) is 13.4 Å². The summed E-state index contributed by atoms with van der Waals surface area (Å²) in [6.07, 6.45) is 0. The van der Waals surface area contributed by atoms with Crippen LogP contribution < -0.4 is 0 Å². The van der Waals surface area contributed by atoms with Crippen LogP contribution in [-0.4, -0.2) is 44.1 Å². The van der Waals surface area contributed by atoms with Gasteiger partial charge in [0.15, 0.2) is 0 Å². The number of phosphoric acid groups is 2. The van der Waals surface area contributed by atoms with Gasteiger partial charge in [-0.15, -0.1) is 0 Å². The van der Waals surface area contributed by atoms with E-state index in [0.717, 1.165) is 0 Å². The van der Waals surface area contributed by atoms with Crippen LogP contribution in [0.2, 0.25) is 0 Å². The van der Waals surface area contributed by atoms with E-state index in [9.17, 15) is 9.13 Å². The lowest BCUT2D eigenvalue weighted by molar-refractivity contribution is 0.225. The van der Waals surface area contributed by atoms with Crippen molar-refractivity contribution in [3.8, 4) is 0 Å². The van der Waals surface area contributed by atoms with Crippen LogP contribution in [0.4, 0.5) is 0 Å². The summed E-state index contributed by atoms with van der Waals surface area (Å²) in [6, 6.07) is 0. The van der Waals surface area contributed by atoms with Gasteiger partial charge in [-0.3, -0.25) is 0 Å². The zero-order valence-electron chi connectivity index (χ0n) is 9.48. The summed E-state index contributed by atoms with van der Waals surface area (Å²) >= 11 is 0. The smallest absolute Gasteiger partial charge is 0.304 e. The van der Waals surface area contributed by atoms with Gasteiger partial charge < -0.3 is 24.5 Å². The van der Waals surface area contributed by atoms with Crippen LogP contribution in [0.25, 0.3) is 0 Å². The van der Waals surface area contributed by atoms with E-state index in [2.05, 4.69) is 30.0 Å². The molecule has 0 rings (SSSR count). The maximum absolute atomic E-state index is 9.63. The van der Waals surface area contributed by atoms with Gasteiger partial charge in [0.25, 0.3) is 0 Å². The molecule has 100 valence electrons. The molecule has 10 heteroatoms. The van der Waals surface area contributed by atoms with Crippen molar-refractivity contribution in [2.75, 3.05) is 19.6 Å². The maximum Gasteiger partial charge on any atom is 0.478 e. The van der Waals surface area contributed by atoms with Crippen molar-refractivity contribution in [1.82, 2.24) is 4.90 Å². The number of hydrogen-bond acceptors (Lipinski definition) is 4. The molecular weight excluding hydrogens is 260 g/mol. The van der Waals surface area contributed by atoms with Crippen LogP contribution in [0.15, 0.2) is 0 Å². The quantitative estimate of drug-likeness (QED) is 0.537. The Morgan fingerprint density at radius 2 is 1.12 bits per heavy atom. The average molecular weight is 279 g/mol. The monoisotopic (exact) mass is 279 g/mol. The summed E-state index contributed by atoms with van der Waals surface area (Å²) < 4.78 is 22.2. The molecule has 0 aromatic carbocycles. The summed E-state index contributed by atoms with van der Waals surface area (Å²) in [6.45, 7) is 10.1. The number of rotatable bonds is 5. The fourth-order valence-corrected chi connectivity index (χ4v) is 1.92. The summed E-state index contributed by atoms with van der Waals surface area (Å²) in [5.41, 5.74) is 0. The summed E-state index contributed by atoms with van der Waals surface area (Å²) in [5.74, 6) is 0. The van der Waals surface area contributed by atoms with E-state index in [4.69, 9.17) is 19.6 Å². The van der Waals surface area contributed by atoms with E-state index in [-0.39, 0.29) is 0 Å². The molecule has 0 fully saturated rings. The van der Waals surface area contributed by atoms with E-state index in [1.54, 1.807) is 0 Å². The van der Waals surface area contributed by atoms with Crippen molar-refractivity contribution < 1.29 is 33.0 Å². The van der Waals surface area contributed by atoms with Crippen LogP contribution in [0.1, 0.15) is 20.8 Å². The third kappa shape index (κ3) is 16.6. The van der Waals surface area contributed by atoms with Gasteiger partial charge in [-0.2, -0.15) is 4.31 Å². The molecule has 0 unspecified atom stereocenters. The number of nitrogens with zero attached hydrogens (tertiary/aromatic N) is 1. The predicted molar refractivity (Wildman–Crippen MR) is 58.6 cm³/mol. The minimum atomic E-state index is -5.05. The Labute approximate surface area is 94.7 Å². The average Bonchev–Trinajstić information content (AvgIpc) is 2.01. The molecular formula is C6H19NO7P2. The van der Waals surface area contributed by atoms with Crippen LogP contribution in [0.5, 0.6) is 0 Å². The first-order valence-electron chi connectivity index (χ1n) is 4.60. The van der Waals surface area contributed by atoms with E-state index >= 15 is 0 Å². The van der Waals surface area contributed by atoms with Gasteiger partial charge >= 0.3 is 15.6 Å². The van der Waals surface area contributed by atoms with Crippen molar-refractivity contribution in [3.63, 3.8) is 0 Å². The van der Waals surface area contributed by atoms with E-state index < -0.39 is 15.6 Å². The van der Waals surface area contributed by atoms with Crippen molar-refractivity contribution in [3.05, 3.63) is 0 Å². The molecule has 0 aliphatic carbocycles. The van der Waals surface area contributed by atoms with Crippen LogP contribution >= 0.6 is 15.6 Å². The van der Waals surface area contributed by atoms with Crippen molar-refractivity contribution >= 4 is 15.6 Å². The van der Waals surface area contributed by atoms with E-state index in [1.165, 1.54) is 19.6 Å². The van der Waals surface area contributed by atoms with Crippen molar-refractivity contribution in [2.45, 2.75) is 20.8 Å². The lowest BCUT2D eigenvalue weighted by Gasteiger charge is -2.13. The Balaban J connectivity index is 0. The first kappa shape index (κ1) is 18.6. The molecule has 0 radical (unpaired) electrons. The van der Waals surface area contributed by atoms with Gasteiger partial charge in [0, 0.05) is 0 Å². The van der Waals surface area contributed by atoms with Gasteiger partial charge in [0.1, 0.15) is 0 Å². The summed E-state index contributed by atoms with van der Waals surface area (Å²) in [7, 11) is -10.1.